The molecule has 1 aromatic carbocycles. The molecule has 0 unspecified atom stereocenters. The lowest BCUT2D eigenvalue weighted by Gasteiger charge is -2.19. The summed E-state index contributed by atoms with van der Waals surface area (Å²) in [6.07, 6.45) is 4.90. The second kappa shape index (κ2) is 7.32. The van der Waals surface area contributed by atoms with Gasteiger partial charge < -0.3 is 5.32 Å². The van der Waals surface area contributed by atoms with E-state index in [4.69, 9.17) is 0 Å². The summed E-state index contributed by atoms with van der Waals surface area (Å²) in [6.45, 7) is 4.31. The largest absolute Gasteiger partial charge is 0.325 e. The van der Waals surface area contributed by atoms with Gasteiger partial charge in [0.05, 0.1) is 12.2 Å². The molecule has 0 aliphatic carbocycles. The summed E-state index contributed by atoms with van der Waals surface area (Å²) in [5.74, 6) is 0.732. The van der Waals surface area contributed by atoms with Gasteiger partial charge in [-0.15, -0.1) is 5.10 Å². The van der Waals surface area contributed by atoms with Gasteiger partial charge in [0.15, 0.2) is 5.82 Å². The van der Waals surface area contributed by atoms with Crippen LogP contribution in [-0.4, -0.2) is 50.6 Å². The van der Waals surface area contributed by atoms with Gasteiger partial charge in [-0.2, -0.15) is 4.68 Å². The van der Waals surface area contributed by atoms with E-state index in [0.29, 0.717) is 12.4 Å². The minimum Gasteiger partial charge on any atom is -0.325 e. The van der Waals surface area contributed by atoms with E-state index in [1.165, 1.54) is 25.7 Å². The van der Waals surface area contributed by atoms with E-state index in [9.17, 15) is 4.79 Å². The predicted octanol–water partition coefficient (Wildman–Crippen LogP) is 1.79. The molecule has 1 fully saturated rings. The molecule has 0 radical (unpaired) electrons. The number of carbonyl (C=O) groups is 1. The van der Waals surface area contributed by atoms with Crippen molar-refractivity contribution in [2.45, 2.75) is 32.6 Å². The Morgan fingerprint density at radius 1 is 1.22 bits per heavy atom. The first-order valence-corrected chi connectivity index (χ1v) is 8.10. The third kappa shape index (κ3) is 4.13. The van der Waals surface area contributed by atoms with Crippen molar-refractivity contribution in [3.8, 4) is 5.69 Å². The van der Waals surface area contributed by atoms with Gasteiger partial charge in [0, 0.05) is 5.69 Å². The van der Waals surface area contributed by atoms with Crippen LogP contribution < -0.4 is 5.32 Å². The number of benzene rings is 1. The molecule has 2 aromatic rings. The zero-order chi connectivity index (χ0) is 16.1. The van der Waals surface area contributed by atoms with Crippen molar-refractivity contribution in [3.05, 3.63) is 30.1 Å². The summed E-state index contributed by atoms with van der Waals surface area (Å²) in [5, 5.41) is 14.4. The van der Waals surface area contributed by atoms with Crippen LogP contribution in [0, 0.1) is 6.92 Å². The Morgan fingerprint density at radius 2 is 2.00 bits per heavy atom. The lowest BCUT2D eigenvalue weighted by molar-refractivity contribution is -0.117. The van der Waals surface area contributed by atoms with Crippen LogP contribution in [0.15, 0.2) is 24.3 Å². The van der Waals surface area contributed by atoms with Gasteiger partial charge >= 0.3 is 0 Å². The molecule has 122 valence electrons. The standard InChI is InChI=1S/C16H22N6O/c1-13-18-19-20-22(13)15-8-6-7-14(11-15)17-16(23)12-21-9-4-2-3-5-10-21/h6-8,11H,2-5,9-10,12H2,1H3,(H,17,23). The number of carbonyl (C=O) groups excluding carboxylic acids is 1. The van der Waals surface area contributed by atoms with Crippen molar-refractivity contribution in [2.75, 3.05) is 25.0 Å². The van der Waals surface area contributed by atoms with Crippen LogP contribution >= 0.6 is 0 Å². The summed E-state index contributed by atoms with van der Waals surface area (Å²) in [6, 6.07) is 7.55. The minimum absolute atomic E-state index is 0.0255. The molecular weight excluding hydrogens is 292 g/mol. The maximum atomic E-state index is 12.3. The van der Waals surface area contributed by atoms with Crippen molar-refractivity contribution >= 4 is 11.6 Å². The molecule has 1 N–H and O–H groups in total. The Bertz CT molecular complexity index is 660. The van der Waals surface area contributed by atoms with Gasteiger partial charge in [-0.05, 0) is 61.5 Å². The average Bonchev–Trinajstić information content (AvgIpc) is 2.80. The fraction of sp³-hybridized carbons (Fsp3) is 0.500. The van der Waals surface area contributed by atoms with E-state index in [1.807, 2.05) is 31.2 Å². The highest BCUT2D eigenvalue weighted by atomic mass is 16.2. The first kappa shape index (κ1) is 15.6. The summed E-state index contributed by atoms with van der Waals surface area (Å²) < 4.78 is 1.64. The Kier molecular flexibility index (Phi) is 4.97. The molecule has 0 saturated carbocycles. The van der Waals surface area contributed by atoms with Gasteiger partial charge in [-0.25, -0.2) is 0 Å². The fourth-order valence-corrected chi connectivity index (χ4v) is 2.88. The number of aryl methyl sites for hydroxylation is 1. The SMILES string of the molecule is Cc1nnnn1-c1cccc(NC(=O)CN2CCCCCC2)c1. The second-order valence-corrected chi connectivity index (χ2v) is 5.93. The van der Waals surface area contributed by atoms with Crippen LogP contribution in [0.1, 0.15) is 31.5 Å². The van der Waals surface area contributed by atoms with Crippen LogP contribution in [-0.2, 0) is 4.79 Å². The Morgan fingerprint density at radius 3 is 2.70 bits per heavy atom. The average molecular weight is 314 g/mol. The minimum atomic E-state index is 0.0255. The van der Waals surface area contributed by atoms with Crippen molar-refractivity contribution in [3.63, 3.8) is 0 Å². The van der Waals surface area contributed by atoms with E-state index in [2.05, 4.69) is 25.7 Å². The number of likely N-dealkylation sites (tertiary alicyclic amines) is 1. The van der Waals surface area contributed by atoms with Gasteiger partial charge in [-0.3, -0.25) is 9.69 Å². The van der Waals surface area contributed by atoms with E-state index in [-0.39, 0.29) is 5.91 Å². The fourth-order valence-electron chi connectivity index (χ4n) is 2.88. The Labute approximate surface area is 135 Å². The molecule has 1 aliphatic heterocycles. The molecule has 0 atom stereocenters. The number of nitrogens with one attached hydrogen (secondary N) is 1. The molecule has 1 aliphatic rings. The highest BCUT2D eigenvalue weighted by Gasteiger charge is 2.13. The Balaban J connectivity index is 1.63. The monoisotopic (exact) mass is 314 g/mol. The van der Waals surface area contributed by atoms with Crippen LogP contribution in [0.5, 0.6) is 0 Å². The maximum Gasteiger partial charge on any atom is 0.238 e. The number of anilines is 1. The molecule has 7 nitrogen and oxygen atoms in total. The van der Waals surface area contributed by atoms with Gasteiger partial charge in [0.25, 0.3) is 0 Å². The molecule has 0 bridgehead atoms. The molecule has 0 spiro atoms. The summed E-state index contributed by atoms with van der Waals surface area (Å²) in [5.41, 5.74) is 1.59. The summed E-state index contributed by atoms with van der Waals surface area (Å²) >= 11 is 0. The highest BCUT2D eigenvalue weighted by Crippen LogP contribution is 2.15. The number of nitrogens with zero attached hydrogens (tertiary/aromatic N) is 5. The highest BCUT2D eigenvalue weighted by molar-refractivity contribution is 5.92. The number of amides is 1. The van der Waals surface area contributed by atoms with Gasteiger partial charge in [0.1, 0.15) is 0 Å². The predicted molar refractivity (Wildman–Crippen MR) is 87.4 cm³/mol. The molecule has 2 heterocycles. The van der Waals surface area contributed by atoms with Crippen LogP contribution in [0.4, 0.5) is 5.69 Å². The van der Waals surface area contributed by atoms with E-state index in [1.54, 1.807) is 4.68 Å². The zero-order valence-corrected chi connectivity index (χ0v) is 13.4. The number of hydrogen-bond acceptors (Lipinski definition) is 5. The normalized spacial score (nSPS) is 16.0. The third-order valence-electron chi connectivity index (χ3n) is 4.07. The van der Waals surface area contributed by atoms with Crippen molar-refractivity contribution < 1.29 is 4.79 Å². The van der Waals surface area contributed by atoms with E-state index in [0.717, 1.165) is 24.5 Å². The zero-order valence-electron chi connectivity index (χ0n) is 13.4. The van der Waals surface area contributed by atoms with Crippen LogP contribution in [0.25, 0.3) is 5.69 Å². The van der Waals surface area contributed by atoms with E-state index >= 15 is 0 Å². The van der Waals surface area contributed by atoms with Gasteiger partial charge in [0.2, 0.25) is 5.91 Å². The first-order valence-electron chi connectivity index (χ1n) is 8.10. The van der Waals surface area contributed by atoms with Crippen molar-refractivity contribution in [2.24, 2.45) is 0 Å². The Hall–Kier alpha value is -2.28. The van der Waals surface area contributed by atoms with Crippen LogP contribution in [0.2, 0.25) is 0 Å². The lowest BCUT2D eigenvalue weighted by Crippen LogP contribution is -2.33. The topological polar surface area (TPSA) is 75.9 Å². The molecular formula is C16H22N6O. The smallest absolute Gasteiger partial charge is 0.238 e. The van der Waals surface area contributed by atoms with E-state index < -0.39 is 0 Å². The first-order chi connectivity index (χ1) is 11.2. The molecule has 7 heteroatoms. The summed E-state index contributed by atoms with van der Waals surface area (Å²) in [4.78, 5) is 14.5. The summed E-state index contributed by atoms with van der Waals surface area (Å²) in [7, 11) is 0. The number of tetrazole rings is 1. The quantitative estimate of drug-likeness (QED) is 0.931. The lowest BCUT2D eigenvalue weighted by atomic mass is 10.2. The molecule has 1 saturated heterocycles. The second-order valence-electron chi connectivity index (χ2n) is 5.93. The molecule has 1 aromatic heterocycles. The third-order valence-corrected chi connectivity index (χ3v) is 4.07. The van der Waals surface area contributed by atoms with Crippen LogP contribution in [0.3, 0.4) is 0 Å². The maximum absolute atomic E-state index is 12.3. The molecule has 23 heavy (non-hydrogen) atoms. The number of rotatable bonds is 4. The number of hydrogen-bond donors (Lipinski definition) is 1. The molecule has 1 amide bonds. The van der Waals surface area contributed by atoms with Crippen molar-refractivity contribution in [1.29, 1.82) is 0 Å². The van der Waals surface area contributed by atoms with Gasteiger partial charge in [-0.1, -0.05) is 18.9 Å². The van der Waals surface area contributed by atoms with Crippen molar-refractivity contribution in [1.82, 2.24) is 25.1 Å². The number of aromatic nitrogens is 4. The molecule has 3 rings (SSSR count).